The molecule has 380 valence electrons. The molecule has 4 amide bonds. The Morgan fingerprint density at radius 1 is 0.459 bits per heavy atom. The lowest BCUT2D eigenvalue weighted by Gasteiger charge is -2.09. The Labute approximate surface area is 434 Å². The molecule has 0 aliphatic heterocycles. The summed E-state index contributed by atoms with van der Waals surface area (Å²) in [4.78, 5) is 76.6. The summed E-state index contributed by atoms with van der Waals surface area (Å²) in [6.07, 6.45) is 0.0601. The smallest absolute Gasteiger partial charge is 0.262 e. The third-order valence-electron chi connectivity index (χ3n) is 12.0. The Bertz CT molecular complexity index is 3150. The number of fused-ring (bicyclic) bond motifs is 2. The van der Waals surface area contributed by atoms with Gasteiger partial charge in [0.15, 0.2) is 0 Å². The van der Waals surface area contributed by atoms with E-state index in [4.69, 9.17) is 32.7 Å². The number of amides is 4. The number of nitrogens with one attached hydrogen (secondary N) is 4. The Kier molecular flexibility index (Phi) is 17.6. The molecule has 14 nitrogen and oxygen atoms in total. The van der Waals surface area contributed by atoms with E-state index in [0.29, 0.717) is 77.3 Å². The van der Waals surface area contributed by atoms with Crippen molar-refractivity contribution < 1.29 is 47.0 Å². The highest BCUT2D eigenvalue weighted by Crippen LogP contribution is 2.32. The molecule has 0 aliphatic carbocycles. The van der Waals surface area contributed by atoms with E-state index in [2.05, 4.69) is 21.3 Å². The number of rotatable bonds is 16. The van der Waals surface area contributed by atoms with Gasteiger partial charge in [-0.3, -0.25) is 37.9 Å². The van der Waals surface area contributed by atoms with Crippen molar-refractivity contribution in [3.05, 3.63) is 200 Å². The van der Waals surface area contributed by atoms with Crippen LogP contribution in [0.4, 0.5) is 8.78 Å². The molecule has 4 N–H and O–H groups in total. The molecule has 0 aliphatic rings. The van der Waals surface area contributed by atoms with Crippen LogP contribution in [-0.4, -0.2) is 85.0 Å². The van der Waals surface area contributed by atoms with Gasteiger partial charge in [-0.05, 0) is 158 Å². The summed E-state index contributed by atoms with van der Waals surface area (Å²) >= 11 is 12.0. The van der Waals surface area contributed by atoms with E-state index < -0.39 is 11.6 Å². The van der Waals surface area contributed by atoms with Crippen molar-refractivity contribution in [1.29, 1.82) is 0 Å². The zero-order valence-corrected chi connectivity index (χ0v) is 42.1. The SMILES string of the molecule is COc1ccc2c(c1)c(CC(=O)NCCNC(=O)c1ccc(F)cc1)c(C)n2C(=O)c1ccc(Cl)cc1.COc1ccc2c(c1)c(CC(=O)NCCNC(=O)c1ccc([18F])cc1)c(C)n2C(=O)c1ccc(Cl)cc1. The molecule has 0 fully saturated rings. The molecule has 74 heavy (non-hydrogen) atoms. The number of ether oxygens (including phenoxy) is 2. The van der Waals surface area contributed by atoms with Gasteiger partial charge in [-0.25, -0.2) is 8.78 Å². The standard InChI is InChI=1S/2C28H25ClFN3O4/c2*1-17-23(16-26(34)31-13-14-32-27(35)18-5-9-21(30)10-6-18)24-15-22(37-2)11-12-25(24)33(17)28(36)19-3-7-20(29)8-4-19/h2*3-12,15H,13-14,16H2,1-2H3,(H,31,34)(H,32,35)/i30-1;. The van der Waals surface area contributed by atoms with E-state index in [-0.39, 0.29) is 74.5 Å². The van der Waals surface area contributed by atoms with Crippen LogP contribution in [0.2, 0.25) is 10.0 Å². The van der Waals surface area contributed by atoms with Crippen LogP contribution < -0.4 is 30.7 Å². The van der Waals surface area contributed by atoms with Crippen LogP contribution in [-0.2, 0) is 22.4 Å². The van der Waals surface area contributed by atoms with Crippen LogP contribution in [0.5, 0.6) is 11.5 Å². The Morgan fingerprint density at radius 3 is 1.12 bits per heavy atom. The molecule has 0 atom stereocenters. The van der Waals surface area contributed by atoms with Gasteiger partial charge < -0.3 is 30.7 Å². The summed E-state index contributed by atoms with van der Waals surface area (Å²) in [5.74, 6) is -1.36. The molecule has 8 aromatic rings. The van der Waals surface area contributed by atoms with E-state index in [9.17, 15) is 37.5 Å². The lowest BCUT2D eigenvalue weighted by atomic mass is 10.1. The maximum Gasteiger partial charge on any atom is 0.262 e. The number of benzene rings is 6. The second-order valence-electron chi connectivity index (χ2n) is 16.8. The van der Waals surface area contributed by atoms with Crippen molar-refractivity contribution in [2.24, 2.45) is 0 Å². The molecule has 0 bridgehead atoms. The van der Waals surface area contributed by atoms with Crippen LogP contribution >= 0.6 is 23.2 Å². The Balaban J connectivity index is 0.000000216. The molecule has 0 unspecified atom stereocenters. The fraction of sp³-hybridized carbons (Fsp3) is 0.179. The van der Waals surface area contributed by atoms with Crippen molar-refractivity contribution in [3.8, 4) is 11.5 Å². The summed E-state index contributed by atoms with van der Waals surface area (Å²) in [5, 5.41) is 13.5. The molecule has 0 radical (unpaired) electrons. The molecule has 0 spiro atoms. The molecular weight excluding hydrogens is 993 g/mol. The maximum absolute atomic E-state index is 13.4. The predicted octanol–water partition coefficient (Wildman–Crippen LogP) is 9.06. The number of aromatic nitrogens is 2. The topological polar surface area (TPSA) is 179 Å². The monoisotopic (exact) mass is 1040 g/mol. The maximum atomic E-state index is 13.4. The minimum absolute atomic E-state index is 0.0301. The molecule has 2 heterocycles. The highest BCUT2D eigenvalue weighted by atomic mass is 35.5. The number of halogens is 4. The van der Waals surface area contributed by atoms with E-state index in [0.717, 1.165) is 10.8 Å². The minimum atomic E-state index is -0.423. The van der Waals surface area contributed by atoms with Crippen LogP contribution in [0, 0.1) is 25.5 Å². The van der Waals surface area contributed by atoms with Gasteiger partial charge in [0.25, 0.3) is 23.6 Å². The normalized spacial score (nSPS) is 10.8. The molecule has 6 aromatic carbocycles. The summed E-state index contributed by atoms with van der Waals surface area (Å²) in [5.41, 5.74) is 5.59. The van der Waals surface area contributed by atoms with Crippen LogP contribution in [0.3, 0.4) is 0 Å². The summed E-state index contributed by atoms with van der Waals surface area (Å²) in [6, 6.07) is 34.4. The first-order valence-electron chi connectivity index (χ1n) is 23.1. The zero-order valence-electron chi connectivity index (χ0n) is 40.6. The highest BCUT2D eigenvalue weighted by Gasteiger charge is 2.24. The number of carbonyl (C=O) groups is 6. The van der Waals surface area contributed by atoms with Crippen molar-refractivity contribution in [1.82, 2.24) is 30.4 Å². The van der Waals surface area contributed by atoms with Crippen molar-refractivity contribution in [3.63, 3.8) is 0 Å². The lowest BCUT2D eigenvalue weighted by molar-refractivity contribution is -0.121. The van der Waals surface area contributed by atoms with Gasteiger partial charge in [0, 0.05) is 80.6 Å². The average Bonchev–Trinajstić information content (AvgIpc) is 3.83. The van der Waals surface area contributed by atoms with Crippen molar-refractivity contribution >= 4 is 80.5 Å². The van der Waals surface area contributed by atoms with Crippen molar-refractivity contribution in [2.45, 2.75) is 26.7 Å². The predicted molar refractivity (Wildman–Crippen MR) is 280 cm³/mol. The lowest BCUT2D eigenvalue weighted by Crippen LogP contribution is -2.35. The van der Waals surface area contributed by atoms with Gasteiger partial charge in [-0.2, -0.15) is 0 Å². The summed E-state index contributed by atoms with van der Waals surface area (Å²) in [6.45, 7) is 4.40. The molecule has 2 aromatic heterocycles. The summed E-state index contributed by atoms with van der Waals surface area (Å²) < 4.78 is 40.0. The third kappa shape index (κ3) is 12.8. The van der Waals surface area contributed by atoms with Crippen LogP contribution in [0.25, 0.3) is 21.8 Å². The average molecular weight is 1040 g/mol. The fourth-order valence-corrected chi connectivity index (χ4v) is 8.45. The van der Waals surface area contributed by atoms with Crippen LogP contribution in [0.15, 0.2) is 133 Å². The molecule has 0 saturated carbocycles. The van der Waals surface area contributed by atoms with Gasteiger partial charge in [0.1, 0.15) is 23.1 Å². The third-order valence-corrected chi connectivity index (χ3v) is 12.5. The second kappa shape index (κ2) is 24.4. The van der Waals surface area contributed by atoms with Gasteiger partial charge >= 0.3 is 0 Å². The van der Waals surface area contributed by atoms with Gasteiger partial charge in [-0.1, -0.05) is 23.2 Å². The number of carbonyl (C=O) groups excluding carboxylic acids is 6. The second-order valence-corrected chi connectivity index (χ2v) is 17.6. The minimum Gasteiger partial charge on any atom is -0.497 e. The molecule has 18 heteroatoms. The largest absolute Gasteiger partial charge is 0.497 e. The molecular formula is C56H50Cl2F2N6O8. The Hall–Kier alpha value is -8.34. The first-order chi connectivity index (χ1) is 35.6. The van der Waals surface area contributed by atoms with Gasteiger partial charge in [0.2, 0.25) is 11.8 Å². The van der Waals surface area contributed by atoms with E-state index in [1.54, 1.807) is 122 Å². The van der Waals surface area contributed by atoms with Gasteiger partial charge in [0.05, 0.1) is 38.1 Å². The van der Waals surface area contributed by atoms with Crippen LogP contribution in [0.1, 0.15) is 63.9 Å². The number of hydrogen-bond donors (Lipinski definition) is 4. The number of methoxy groups -OCH3 is 2. The van der Waals surface area contributed by atoms with E-state index in [1.807, 2.05) is 0 Å². The number of nitrogens with zero attached hydrogens (tertiary/aromatic N) is 2. The molecule has 8 rings (SSSR count). The van der Waals surface area contributed by atoms with Crippen molar-refractivity contribution in [2.75, 3.05) is 40.4 Å². The zero-order chi connectivity index (χ0) is 53.1. The fourth-order valence-electron chi connectivity index (χ4n) is 8.20. The van der Waals surface area contributed by atoms with E-state index >= 15 is 0 Å². The number of hydrogen-bond acceptors (Lipinski definition) is 8. The van der Waals surface area contributed by atoms with E-state index in [1.165, 1.54) is 48.5 Å². The first-order valence-corrected chi connectivity index (χ1v) is 23.9. The Morgan fingerprint density at radius 2 is 0.784 bits per heavy atom. The summed E-state index contributed by atoms with van der Waals surface area (Å²) in [7, 11) is 3.10. The highest BCUT2D eigenvalue weighted by molar-refractivity contribution is 6.31. The molecule has 0 saturated heterocycles. The van der Waals surface area contributed by atoms with Gasteiger partial charge in [-0.15, -0.1) is 0 Å². The quantitative estimate of drug-likeness (QED) is 0.0693. The first kappa shape index (κ1) is 53.5.